The maximum Gasteiger partial charge on any atom is 0.223 e. The predicted octanol–water partition coefficient (Wildman–Crippen LogP) is -0.238. The monoisotopic (exact) mass is 242 g/mol. The van der Waals surface area contributed by atoms with Gasteiger partial charge in [-0.1, -0.05) is 6.08 Å². The van der Waals surface area contributed by atoms with Crippen molar-refractivity contribution in [3.05, 3.63) is 12.7 Å². The first-order valence-corrected chi connectivity index (χ1v) is 5.96. The number of nitrogens with zero attached hydrogens (tertiary/aromatic N) is 1. The highest BCUT2D eigenvalue weighted by Crippen LogP contribution is 2.09. The van der Waals surface area contributed by atoms with E-state index < -0.39 is 5.60 Å². The summed E-state index contributed by atoms with van der Waals surface area (Å²) < 4.78 is 5.23. The number of amides is 1. The third kappa shape index (κ3) is 5.81. The quantitative estimate of drug-likeness (QED) is 0.631. The molecule has 0 spiro atoms. The van der Waals surface area contributed by atoms with E-state index in [-0.39, 0.29) is 12.3 Å². The zero-order valence-electron chi connectivity index (χ0n) is 10.4. The van der Waals surface area contributed by atoms with Crippen LogP contribution in [0, 0.1) is 0 Å². The molecule has 0 bridgehead atoms. The van der Waals surface area contributed by atoms with Crippen LogP contribution >= 0.6 is 0 Å². The molecule has 1 aliphatic heterocycles. The molecule has 17 heavy (non-hydrogen) atoms. The summed E-state index contributed by atoms with van der Waals surface area (Å²) in [5, 5.41) is 12.4. The summed E-state index contributed by atoms with van der Waals surface area (Å²) >= 11 is 0. The molecule has 5 heteroatoms. The number of hydrogen-bond donors (Lipinski definition) is 2. The van der Waals surface area contributed by atoms with Gasteiger partial charge in [0.25, 0.3) is 0 Å². The van der Waals surface area contributed by atoms with Crippen LogP contribution in [-0.4, -0.2) is 60.9 Å². The Bertz CT molecular complexity index is 260. The summed E-state index contributed by atoms with van der Waals surface area (Å²) in [5.41, 5.74) is -1.12. The Kier molecular flexibility index (Phi) is 5.61. The highest BCUT2D eigenvalue weighted by atomic mass is 16.5. The molecule has 0 aliphatic carbocycles. The summed E-state index contributed by atoms with van der Waals surface area (Å²) in [6.45, 7) is 9.85. The first kappa shape index (κ1) is 14.2. The van der Waals surface area contributed by atoms with Crippen molar-refractivity contribution >= 4 is 5.91 Å². The lowest BCUT2D eigenvalue weighted by Crippen LogP contribution is -2.42. The Morgan fingerprint density at radius 3 is 2.82 bits per heavy atom. The second-order valence-electron chi connectivity index (χ2n) is 4.54. The van der Waals surface area contributed by atoms with Crippen LogP contribution in [-0.2, 0) is 9.53 Å². The minimum atomic E-state index is -1.12. The molecule has 0 aromatic rings. The van der Waals surface area contributed by atoms with Crippen molar-refractivity contribution in [2.45, 2.75) is 18.9 Å². The summed E-state index contributed by atoms with van der Waals surface area (Å²) in [5.74, 6) is -0.150. The SMILES string of the molecule is C=C[C@](C)(O)CC(=O)NCCN1CCOCC1. The molecule has 1 rings (SSSR count). The molecule has 2 N–H and O–H groups in total. The maximum atomic E-state index is 11.5. The van der Waals surface area contributed by atoms with Gasteiger partial charge in [-0.05, 0) is 6.92 Å². The third-order valence-corrected chi connectivity index (χ3v) is 2.81. The van der Waals surface area contributed by atoms with Gasteiger partial charge in [0.15, 0.2) is 0 Å². The van der Waals surface area contributed by atoms with Gasteiger partial charge in [-0.15, -0.1) is 6.58 Å². The van der Waals surface area contributed by atoms with E-state index in [0.29, 0.717) is 6.54 Å². The Hall–Kier alpha value is -0.910. The second kappa shape index (κ2) is 6.74. The minimum Gasteiger partial charge on any atom is -0.386 e. The number of morpholine rings is 1. The molecule has 1 saturated heterocycles. The van der Waals surface area contributed by atoms with Gasteiger partial charge in [-0.3, -0.25) is 9.69 Å². The molecule has 1 amide bonds. The van der Waals surface area contributed by atoms with E-state index >= 15 is 0 Å². The van der Waals surface area contributed by atoms with E-state index in [4.69, 9.17) is 4.74 Å². The molecule has 1 fully saturated rings. The average molecular weight is 242 g/mol. The van der Waals surface area contributed by atoms with Crippen LogP contribution in [0.1, 0.15) is 13.3 Å². The molecule has 1 heterocycles. The second-order valence-corrected chi connectivity index (χ2v) is 4.54. The van der Waals surface area contributed by atoms with Crippen molar-refractivity contribution in [3.63, 3.8) is 0 Å². The van der Waals surface area contributed by atoms with Crippen molar-refractivity contribution in [2.75, 3.05) is 39.4 Å². The van der Waals surface area contributed by atoms with E-state index in [1.54, 1.807) is 6.92 Å². The molecule has 0 radical (unpaired) electrons. The molecule has 1 atom stereocenters. The molecule has 0 aromatic carbocycles. The largest absolute Gasteiger partial charge is 0.386 e. The number of nitrogens with one attached hydrogen (secondary N) is 1. The van der Waals surface area contributed by atoms with Gasteiger partial charge in [0, 0.05) is 26.2 Å². The normalized spacial score (nSPS) is 20.6. The summed E-state index contributed by atoms with van der Waals surface area (Å²) in [6.07, 6.45) is 1.44. The molecular formula is C12H22N2O3. The van der Waals surface area contributed by atoms with Crippen molar-refractivity contribution in [3.8, 4) is 0 Å². The zero-order chi connectivity index (χ0) is 12.7. The summed E-state index contributed by atoms with van der Waals surface area (Å²) in [4.78, 5) is 13.7. The Labute approximate surface area is 102 Å². The number of carbonyl (C=O) groups excluding carboxylic acids is 1. The van der Waals surface area contributed by atoms with Crippen LogP contribution in [0.3, 0.4) is 0 Å². The number of carbonyl (C=O) groups is 1. The topological polar surface area (TPSA) is 61.8 Å². The predicted molar refractivity (Wildman–Crippen MR) is 65.7 cm³/mol. The van der Waals surface area contributed by atoms with Gasteiger partial charge in [0.2, 0.25) is 5.91 Å². The smallest absolute Gasteiger partial charge is 0.223 e. The van der Waals surface area contributed by atoms with Crippen LogP contribution in [0.15, 0.2) is 12.7 Å². The Morgan fingerprint density at radius 2 is 2.24 bits per heavy atom. The Balaban J connectivity index is 2.13. The van der Waals surface area contributed by atoms with E-state index in [1.807, 2.05) is 0 Å². The van der Waals surface area contributed by atoms with Gasteiger partial charge in [-0.2, -0.15) is 0 Å². The fourth-order valence-electron chi connectivity index (χ4n) is 1.64. The average Bonchev–Trinajstić information content (AvgIpc) is 2.30. The van der Waals surface area contributed by atoms with Crippen molar-refractivity contribution in [2.24, 2.45) is 0 Å². The zero-order valence-corrected chi connectivity index (χ0v) is 10.4. The number of hydrogen-bond acceptors (Lipinski definition) is 4. The Morgan fingerprint density at radius 1 is 1.59 bits per heavy atom. The van der Waals surface area contributed by atoms with E-state index in [1.165, 1.54) is 6.08 Å². The summed E-state index contributed by atoms with van der Waals surface area (Å²) in [6, 6.07) is 0. The molecule has 0 unspecified atom stereocenters. The first-order chi connectivity index (χ1) is 8.03. The maximum absolute atomic E-state index is 11.5. The van der Waals surface area contributed by atoms with Crippen LogP contribution < -0.4 is 5.32 Å². The number of rotatable bonds is 6. The fourth-order valence-corrected chi connectivity index (χ4v) is 1.64. The van der Waals surface area contributed by atoms with Crippen LogP contribution in [0.25, 0.3) is 0 Å². The van der Waals surface area contributed by atoms with Crippen molar-refractivity contribution in [1.82, 2.24) is 10.2 Å². The van der Waals surface area contributed by atoms with Crippen LogP contribution in [0.4, 0.5) is 0 Å². The van der Waals surface area contributed by atoms with Crippen LogP contribution in [0.2, 0.25) is 0 Å². The van der Waals surface area contributed by atoms with Crippen molar-refractivity contribution < 1.29 is 14.6 Å². The number of ether oxygens (including phenoxy) is 1. The molecular weight excluding hydrogens is 220 g/mol. The van der Waals surface area contributed by atoms with Crippen molar-refractivity contribution in [1.29, 1.82) is 0 Å². The lowest BCUT2D eigenvalue weighted by Gasteiger charge is -2.26. The lowest BCUT2D eigenvalue weighted by atomic mass is 10.0. The fraction of sp³-hybridized carbons (Fsp3) is 0.750. The third-order valence-electron chi connectivity index (χ3n) is 2.81. The molecule has 5 nitrogen and oxygen atoms in total. The highest BCUT2D eigenvalue weighted by Gasteiger charge is 2.20. The van der Waals surface area contributed by atoms with Gasteiger partial charge in [0.05, 0.1) is 25.2 Å². The van der Waals surface area contributed by atoms with Gasteiger partial charge in [-0.25, -0.2) is 0 Å². The molecule has 0 aromatic heterocycles. The molecule has 98 valence electrons. The lowest BCUT2D eigenvalue weighted by molar-refractivity contribution is -0.124. The molecule has 0 saturated carbocycles. The van der Waals surface area contributed by atoms with Crippen LogP contribution in [0.5, 0.6) is 0 Å². The van der Waals surface area contributed by atoms with E-state index in [2.05, 4.69) is 16.8 Å². The van der Waals surface area contributed by atoms with E-state index in [0.717, 1.165) is 32.8 Å². The highest BCUT2D eigenvalue weighted by molar-refractivity contribution is 5.77. The van der Waals surface area contributed by atoms with E-state index in [9.17, 15) is 9.90 Å². The first-order valence-electron chi connectivity index (χ1n) is 5.96. The van der Waals surface area contributed by atoms with Gasteiger partial charge >= 0.3 is 0 Å². The van der Waals surface area contributed by atoms with Gasteiger partial charge in [0.1, 0.15) is 0 Å². The standard InChI is InChI=1S/C12H22N2O3/c1-3-12(2,16)10-11(15)13-4-5-14-6-8-17-9-7-14/h3,16H,1,4-10H2,2H3,(H,13,15)/t12-/m0/s1. The summed E-state index contributed by atoms with van der Waals surface area (Å²) in [7, 11) is 0. The van der Waals surface area contributed by atoms with Gasteiger partial charge < -0.3 is 15.2 Å². The molecule has 1 aliphatic rings. The minimum absolute atomic E-state index is 0.0552. The number of aliphatic hydroxyl groups is 1.